The average Bonchev–Trinajstić information content (AvgIpc) is 2.94. The Labute approximate surface area is 112 Å². The highest BCUT2D eigenvalue weighted by Crippen LogP contribution is 2.36. The highest BCUT2D eigenvalue weighted by atomic mass is 19.1. The highest BCUT2D eigenvalue weighted by Gasteiger charge is 2.33. The smallest absolute Gasteiger partial charge is 0.173 e. The minimum atomic E-state index is -1.64. The van der Waals surface area contributed by atoms with E-state index in [1.54, 1.807) is 18.2 Å². The van der Waals surface area contributed by atoms with Gasteiger partial charge in [-0.1, -0.05) is 36.4 Å². The summed E-state index contributed by atoms with van der Waals surface area (Å²) in [6.07, 6.45) is 0.832. The van der Waals surface area contributed by atoms with E-state index in [1.807, 2.05) is 30.3 Å². The molecule has 2 nitrogen and oxygen atoms in total. The van der Waals surface area contributed by atoms with E-state index in [0.29, 0.717) is 17.7 Å². The summed E-state index contributed by atoms with van der Waals surface area (Å²) in [5.74, 6) is 0.858. The second-order valence-electron chi connectivity index (χ2n) is 4.79. The van der Waals surface area contributed by atoms with Crippen molar-refractivity contribution >= 4 is 0 Å². The van der Waals surface area contributed by atoms with Crippen molar-refractivity contribution in [2.45, 2.75) is 12.1 Å². The van der Waals surface area contributed by atoms with E-state index in [-0.39, 0.29) is 6.54 Å². The van der Waals surface area contributed by atoms with Gasteiger partial charge < -0.3 is 10.5 Å². The van der Waals surface area contributed by atoms with Crippen LogP contribution in [0.15, 0.2) is 48.5 Å². The Morgan fingerprint density at radius 2 is 1.89 bits per heavy atom. The Kier molecular flexibility index (Phi) is 2.99. The summed E-state index contributed by atoms with van der Waals surface area (Å²) in [5, 5.41) is 0. The quantitative estimate of drug-likeness (QED) is 0.917. The summed E-state index contributed by atoms with van der Waals surface area (Å²) < 4.78 is 20.7. The fourth-order valence-electron chi connectivity index (χ4n) is 2.54. The lowest BCUT2D eigenvalue weighted by Gasteiger charge is -2.25. The van der Waals surface area contributed by atoms with Crippen molar-refractivity contribution < 1.29 is 9.13 Å². The Morgan fingerprint density at radius 3 is 2.63 bits per heavy atom. The predicted octanol–water partition coefficient (Wildman–Crippen LogP) is 2.79. The first-order valence-corrected chi connectivity index (χ1v) is 6.45. The van der Waals surface area contributed by atoms with Crippen LogP contribution in [0.4, 0.5) is 4.39 Å². The number of alkyl halides is 1. The van der Waals surface area contributed by atoms with Gasteiger partial charge in [0.1, 0.15) is 5.75 Å². The van der Waals surface area contributed by atoms with Crippen LogP contribution in [-0.2, 0) is 12.1 Å². The van der Waals surface area contributed by atoms with Crippen molar-refractivity contribution in [1.29, 1.82) is 0 Å². The number of ether oxygens (including phenoxy) is 1. The maximum absolute atomic E-state index is 15.3. The zero-order valence-electron chi connectivity index (χ0n) is 10.6. The number of hydrogen-bond acceptors (Lipinski definition) is 2. The fourth-order valence-corrected chi connectivity index (χ4v) is 2.54. The minimum Gasteiger partial charge on any atom is -0.493 e. The molecule has 0 amide bonds. The molecular formula is C16H16FNO. The molecule has 3 heteroatoms. The SMILES string of the molecule is NCC(F)(c1ccccc1)c1ccc2c(c1)CCO2. The van der Waals surface area contributed by atoms with Crippen molar-refractivity contribution in [3.05, 3.63) is 65.2 Å². The van der Waals surface area contributed by atoms with Gasteiger partial charge in [0, 0.05) is 13.0 Å². The van der Waals surface area contributed by atoms with Crippen LogP contribution in [0, 0.1) is 0 Å². The molecule has 0 spiro atoms. The standard InChI is InChI=1S/C16H16FNO/c17-16(11-18,13-4-2-1-3-5-13)14-6-7-15-12(10-14)8-9-19-15/h1-7,10H,8-9,11,18H2. The van der Waals surface area contributed by atoms with Crippen LogP contribution < -0.4 is 10.5 Å². The average molecular weight is 257 g/mol. The van der Waals surface area contributed by atoms with Crippen LogP contribution >= 0.6 is 0 Å². The molecule has 98 valence electrons. The van der Waals surface area contributed by atoms with Gasteiger partial charge in [0.05, 0.1) is 6.61 Å². The third-order valence-electron chi connectivity index (χ3n) is 3.66. The first-order chi connectivity index (χ1) is 9.24. The van der Waals surface area contributed by atoms with Gasteiger partial charge >= 0.3 is 0 Å². The van der Waals surface area contributed by atoms with Crippen molar-refractivity contribution in [2.24, 2.45) is 5.73 Å². The third kappa shape index (κ3) is 2.00. The molecule has 1 atom stereocenters. The number of benzene rings is 2. The molecule has 3 rings (SSSR count). The molecule has 2 N–H and O–H groups in total. The number of rotatable bonds is 3. The van der Waals surface area contributed by atoms with E-state index in [2.05, 4.69) is 0 Å². The lowest BCUT2D eigenvalue weighted by molar-refractivity contribution is 0.232. The molecular weight excluding hydrogens is 241 g/mol. The number of hydrogen-bond donors (Lipinski definition) is 1. The molecule has 2 aromatic carbocycles. The van der Waals surface area contributed by atoms with Crippen LogP contribution in [-0.4, -0.2) is 13.2 Å². The van der Waals surface area contributed by atoms with Gasteiger partial charge in [-0.15, -0.1) is 0 Å². The minimum absolute atomic E-state index is 0.0728. The van der Waals surface area contributed by atoms with Gasteiger partial charge in [-0.05, 0) is 28.8 Å². The van der Waals surface area contributed by atoms with Gasteiger partial charge in [0.25, 0.3) is 0 Å². The van der Waals surface area contributed by atoms with Crippen molar-refractivity contribution in [3.63, 3.8) is 0 Å². The molecule has 0 saturated carbocycles. The second-order valence-corrected chi connectivity index (χ2v) is 4.79. The van der Waals surface area contributed by atoms with Crippen LogP contribution in [0.25, 0.3) is 0 Å². The molecule has 0 saturated heterocycles. The van der Waals surface area contributed by atoms with Crippen molar-refractivity contribution in [1.82, 2.24) is 0 Å². The lowest BCUT2D eigenvalue weighted by Crippen LogP contribution is -2.31. The van der Waals surface area contributed by atoms with Gasteiger partial charge in [-0.25, -0.2) is 4.39 Å². The second kappa shape index (κ2) is 4.67. The summed E-state index contributed by atoms with van der Waals surface area (Å²) >= 11 is 0. The fraction of sp³-hybridized carbons (Fsp3) is 0.250. The summed E-state index contributed by atoms with van der Waals surface area (Å²) in [6.45, 7) is 0.600. The summed E-state index contributed by atoms with van der Waals surface area (Å²) in [5.41, 5.74) is 6.33. The van der Waals surface area contributed by atoms with Gasteiger partial charge in [0.15, 0.2) is 5.67 Å². The van der Waals surface area contributed by atoms with Crippen molar-refractivity contribution in [2.75, 3.05) is 13.2 Å². The largest absolute Gasteiger partial charge is 0.493 e. The Hall–Kier alpha value is -1.87. The number of nitrogens with two attached hydrogens (primary N) is 1. The van der Waals surface area contributed by atoms with E-state index in [9.17, 15) is 0 Å². The molecule has 0 bridgehead atoms. The summed E-state index contributed by atoms with van der Waals surface area (Å²) in [4.78, 5) is 0. The van der Waals surface area contributed by atoms with E-state index < -0.39 is 5.67 Å². The topological polar surface area (TPSA) is 35.2 Å². The predicted molar refractivity (Wildman–Crippen MR) is 73.0 cm³/mol. The molecule has 1 aliphatic rings. The Bertz CT molecular complexity index is 585. The Balaban J connectivity index is 2.07. The molecule has 1 unspecified atom stereocenters. The molecule has 0 aromatic heterocycles. The normalized spacial score (nSPS) is 16.5. The first-order valence-electron chi connectivity index (χ1n) is 6.45. The maximum atomic E-state index is 15.3. The zero-order valence-corrected chi connectivity index (χ0v) is 10.6. The Morgan fingerprint density at radius 1 is 1.11 bits per heavy atom. The van der Waals surface area contributed by atoms with Crippen LogP contribution in [0.5, 0.6) is 5.75 Å². The molecule has 0 fully saturated rings. The van der Waals surface area contributed by atoms with E-state index in [4.69, 9.17) is 10.5 Å². The monoisotopic (exact) mass is 257 g/mol. The van der Waals surface area contributed by atoms with Crippen LogP contribution in [0.2, 0.25) is 0 Å². The molecule has 0 aliphatic carbocycles. The molecule has 1 aliphatic heterocycles. The van der Waals surface area contributed by atoms with E-state index in [1.165, 1.54) is 0 Å². The van der Waals surface area contributed by atoms with Gasteiger partial charge in [0.2, 0.25) is 0 Å². The molecule has 1 heterocycles. The lowest BCUT2D eigenvalue weighted by atomic mass is 9.87. The van der Waals surface area contributed by atoms with Crippen LogP contribution in [0.1, 0.15) is 16.7 Å². The third-order valence-corrected chi connectivity index (χ3v) is 3.66. The zero-order chi connectivity index (χ0) is 13.3. The molecule has 2 aromatic rings. The van der Waals surface area contributed by atoms with E-state index in [0.717, 1.165) is 17.7 Å². The first kappa shape index (κ1) is 12.2. The van der Waals surface area contributed by atoms with E-state index >= 15 is 4.39 Å². The van der Waals surface area contributed by atoms with Crippen molar-refractivity contribution in [3.8, 4) is 5.75 Å². The maximum Gasteiger partial charge on any atom is 0.173 e. The van der Waals surface area contributed by atoms with Crippen LogP contribution in [0.3, 0.4) is 0 Å². The molecule has 0 radical (unpaired) electrons. The van der Waals surface area contributed by atoms with Gasteiger partial charge in [-0.3, -0.25) is 0 Å². The number of halogens is 1. The van der Waals surface area contributed by atoms with Gasteiger partial charge in [-0.2, -0.15) is 0 Å². The highest BCUT2D eigenvalue weighted by molar-refractivity contribution is 5.45. The summed E-state index contributed by atoms with van der Waals surface area (Å²) in [6, 6.07) is 14.6. The number of fused-ring (bicyclic) bond motifs is 1. The molecule has 19 heavy (non-hydrogen) atoms. The summed E-state index contributed by atoms with van der Waals surface area (Å²) in [7, 11) is 0.